The summed E-state index contributed by atoms with van der Waals surface area (Å²) in [5.41, 5.74) is 0.0491. The van der Waals surface area contributed by atoms with Crippen LogP contribution in [-0.4, -0.2) is 39.9 Å². The molecule has 6 heteroatoms. The fourth-order valence-electron chi connectivity index (χ4n) is 4.64. The summed E-state index contributed by atoms with van der Waals surface area (Å²) >= 11 is 0. The van der Waals surface area contributed by atoms with Crippen LogP contribution in [0, 0.1) is 0 Å². The molecule has 1 unspecified atom stereocenters. The van der Waals surface area contributed by atoms with E-state index in [4.69, 9.17) is 9.18 Å². The maximum atomic E-state index is 6.72. The second-order valence-electron chi connectivity index (χ2n) is 9.81. The topological polar surface area (TPSA) is 24.9 Å². The highest BCUT2D eigenvalue weighted by Crippen LogP contribution is 2.52. The second-order valence-corrected chi connectivity index (χ2v) is 11.4. The summed E-state index contributed by atoms with van der Waals surface area (Å²) in [6.45, 7) is 18.4. The molecular formula is C20H34BN2O2P. The first-order valence-electron chi connectivity index (χ1n) is 9.70. The van der Waals surface area contributed by atoms with Crippen LogP contribution < -0.4 is 9.18 Å². The van der Waals surface area contributed by atoms with E-state index in [0.29, 0.717) is 0 Å². The molecule has 0 saturated carbocycles. The molecule has 3 rings (SSSR count). The third-order valence-electron chi connectivity index (χ3n) is 5.61. The summed E-state index contributed by atoms with van der Waals surface area (Å²) in [6.07, 6.45) is 3.61. The highest BCUT2D eigenvalue weighted by atomic mass is 31.2. The summed E-state index contributed by atoms with van der Waals surface area (Å²) in [5.74, 6) is 1.70. The molecule has 1 aromatic carbocycles. The minimum atomic E-state index is -0.837. The van der Waals surface area contributed by atoms with Gasteiger partial charge in [-0.15, -0.1) is 0 Å². The van der Waals surface area contributed by atoms with Crippen LogP contribution in [0.4, 0.5) is 0 Å². The molecule has 0 amide bonds. The fourth-order valence-corrected chi connectivity index (χ4v) is 6.44. The molecule has 1 fully saturated rings. The van der Waals surface area contributed by atoms with E-state index >= 15 is 0 Å². The molecule has 1 saturated heterocycles. The smallest absolute Gasteiger partial charge is 0.530 e. The van der Waals surface area contributed by atoms with Gasteiger partial charge in [-0.25, -0.2) is 4.58 Å². The van der Waals surface area contributed by atoms with Crippen LogP contribution >= 0.6 is 8.30 Å². The van der Waals surface area contributed by atoms with E-state index in [1.54, 1.807) is 0 Å². The van der Waals surface area contributed by atoms with Crippen LogP contribution in [0.5, 0.6) is 11.5 Å². The van der Waals surface area contributed by atoms with Crippen molar-refractivity contribution in [1.29, 1.82) is 0 Å². The van der Waals surface area contributed by atoms with E-state index in [9.17, 15) is 0 Å². The van der Waals surface area contributed by atoms with E-state index in [0.717, 1.165) is 11.5 Å². The molecule has 2 aliphatic rings. The van der Waals surface area contributed by atoms with Crippen molar-refractivity contribution in [3.8, 4) is 11.5 Å². The van der Waals surface area contributed by atoms with Gasteiger partial charge in [0.05, 0.1) is 0 Å². The van der Waals surface area contributed by atoms with Crippen molar-refractivity contribution < 1.29 is 9.18 Å². The molecule has 2 heterocycles. The average molecular weight is 376 g/mol. The van der Waals surface area contributed by atoms with Crippen molar-refractivity contribution >= 4 is 15.5 Å². The van der Waals surface area contributed by atoms with Gasteiger partial charge in [0, 0.05) is 23.3 Å². The van der Waals surface area contributed by atoms with Crippen LogP contribution in [-0.2, 0) is 0 Å². The van der Waals surface area contributed by atoms with Crippen molar-refractivity contribution in [2.45, 2.75) is 84.3 Å². The molecule has 2 aliphatic heterocycles. The van der Waals surface area contributed by atoms with Crippen LogP contribution in [0.1, 0.15) is 67.7 Å². The summed E-state index contributed by atoms with van der Waals surface area (Å²) in [6, 6.07) is 8.09. The first kappa shape index (κ1) is 20.0. The number of para-hydroxylation sites is 2. The van der Waals surface area contributed by atoms with Gasteiger partial charge in [-0.1, -0.05) is 12.1 Å². The number of nitrogens with zero attached hydrogens (tertiary/aromatic N) is 2. The Kier molecular flexibility index (Phi) is 5.14. The minimum Gasteiger partial charge on any atom is -0.530 e. The predicted octanol–water partition coefficient (Wildman–Crippen LogP) is 5.53. The largest absolute Gasteiger partial charge is 0.555 e. The van der Waals surface area contributed by atoms with Gasteiger partial charge in [0.25, 0.3) is 0 Å². The van der Waals surface area contributed by atoms with Crippen LogP contribution in [0.3, 0.4) is 0 Å². The third kappa shape index (κ3) is 3.63. The van der Waals surface area contributed by atoms with Gasteiger partial charge in [0.2, 0.25) is 0 Å². The standard InChI is InChI=1S/C20H34BN2O2P/c1-18(2,3)23-21(22-19(4,5)14-11-15-20(22,6)7)24-16-12-9-10-13-17(16)25-26(23)8/h9-10,12-13H,11,14-15H2,1-8H3. The van der Waals surface area contributed by atoms with Gasteiger partial charge in [0.1, 0.15) is 5.75 Å². The molecule has 1 atom stereocenters. The van der Waals surface area contributed by atoms with Crippen molar-refractivity contribution in [2.24, 2.45) is 0 Å². The Morgan fingerprint density at radius 2 is 1.54 bits per heavy atom. The molecule has 4 nitrogen and oxygen atoms in total. The lowest BCUT2D eigenvalue weighted by Crippen LogP contribution is -2.72. The lowest BCUT2D eigenvalue weighted by Gasteiger charge is -2.57. The van der Waals surface area contributed by atoms with Gasteiger partial charge in [-0.05, 0) is 79.9 Å². The molecule has 0 bridgehead atoms. The molecule has 26 heavy (non-hydrogen) atoms. The Bertz CT molecular complexity index is 643. The zero-order chi connectivity index (χ0) is 19.3. The van der Waals surface area contributed by atoms with Crippen LogP contribution in [0.2, 0.25) is 0 Å². The summed E-state index contributed by atoms with van der Waals surface area (Å²) < 4.78 is 15.6. The van der Waals surface area contributed by atoms with Gasteiger partial charge in [0.15, 0.2) is 14.0 Å². The first-order valence-corrected chi connectivity index (χ1v) is 11.4. The van der Waals surface area contributed by atoms with E-state index in [2.05, 4.69) is 64.5 Å². The molecule has 0 radical (unpaired) electrons. The molecule has 0 spiro atoms. The molecule has 0 N–H and O–H groups in total. The highest BCUT2D eigenvalue weighted by Gasteiger charge is 2.56. The van der Waals surface area contributed by atoms with Gasteiger partial charge < -0.3 is 9.18 Å². The summed E-state index contributed by atoms with van der Waals surface area (Å²) in [7, 11) is -0.989. The quantitative estimate of drug-likeness (QED) is 0.475. The first-order chi connectivity index (χ1) is 11.9. The number of hydrogen-bond acceptors (Lipinski definition) is 4. The van der Waals surface area contributed by atoms with Crippen LogP contribution in [0.15, 0.2) is 24.3 Å². The maximum Gasteiger partial charge on any atom is 0.555 e. The highest BCUT2D eigenvalue weighted by molar-refractivity contribution is 7.51. The predicted molar refractivity (Wildman–Crippen MR) is 112 cm³/mol. The Labute approximate surface area is 161 Å². The Morgan fingerprint density at radius 1 is 1.00 bits per heavy atom. The summed E-state index contributed by atoms with van der Waals surface area (Å²) in [4.78, 5) is 2.60. The van der Waals surface area contributed by atoms with E-state index in [1.165, 1.54) is 19.3 Å². The molecule has 0 aromatic heterocycles. The van der Waals surface area contributed by atoms with Crippen molar-refractivity contribution in [1.82, 2.24) is 9.39 Å². The number of fused-ring (bicyclic) bond motifs is 1. The Morgan fingerprint density at radius 3 is 2.08 bits per heavy atom. The third-order valence-corrected chi connectivity index (χ3v) is 7.48. The van der Waals surface area contributed by atoms with Crippen molar-refractivity contribution in [3.05, 3.63) is 24.3 Å². The lowest BCUT2D eigenvalue weighted by molar-refractivity contribution is 0.0256. The Hall–Kier alpha value is -0.765. The number of rotatable bonds is 1. The minimum absolute atomic E-state index is 0.0609. The molecule has 1 aromatic rings. The van der Waals surface area contributed by atoms with E-state index in [1.807, 2.05) is 24.3 Å². The van der Waals surface area contributed by atoms with Crippen molar-refractivity contribution in [3.63, 3.8) is 0 Å². The molecule has 144 valence electrons. The number of hydrogen-bond donors (Lipinski definition) is 0. The van der Waals surface area contributed by atoms with E-state index in [-0.39, 0.29) is 23.8 Å². The zero-order valence-electron chi connectivity index (χ0n) is 17.7. The second kappa shape index (κ2) is 6.69. The normalized spacial score (nSPS) is 26.5. The average Bonchev–Trinajstić information content (AvgIpc) is 2.59. The monoisotopic (exact) mass is 376 g/mol. The SMILES string of the molecule is CP1Oc2ccccc2OB(N2C(C)(C)CCCC2(C)C)N1C(C)(C)C. The number of benzene rings is 1. The van der Waals surface area contributed by atoms with E-state index < -0.39 is 8.30 Å². The van der Waals surface area contributed by atoms with Gasteiger partial charge in [-0.3, -0.25) is 4.81 Å². The van der Waals surface area contributed by atoms with Gasteiger partial charge >= 0.3 is 7.19 Å². The number of piperidine rings is 1. The fraction of sp³-hybridized carbons (Fsp3) is 0.700. The maximum absolute atomic E-state index is 6.72. The van der Waals surface area contributed by atoms with Crippen LogP contribution in [0.25, 0.3) is 0 Å². The molecule has 0 aliphatic carbocycles. The van der Waals surface area contributed by atoms with Crippen molar-refractivity contribution in [2.75, 3.05) is 6.66 Å². The zero-order valence-corrected chi connectivity index (χ0v) is 18.6. The van der Waals surface area contributed by atoms with Gasteiger partial charge in [-0.2, -0.15) is 0 Å². The molecular weight excluding hydrogens is 342 g/mol. The summed E-state index contributed by atoms with van der Waals surface area (Å²) in [5, 5.41) is 0. The lowest BCUT2D eigenvalue weighted by atomic mass is 9.71. The Balaban J connectivity index is 2.13.